The van der Waals surface area contributed by atoms with E-state index < -0.39 is 11.9 Å². The molecule has 0 heterocycles. The molecule has 0 radical (unpaired) electrons. The van der Waals surface area contributed by atoms with E-state index in [2.05, 4.69) is 35.1 Å². The molecule has 0 bridgehead atoms. The molecule has 1 aromatic rings. The fraction of sp³-hybridized carbons (Fsp3) is 0.500. The van der Waals surface area contributed by atoms with Gasteiger partial charge in [0.2, 0.25) is 0 Å². The molecule has 0 aliphatic heterocycles. The topological polar surface area (TPSA) is 38.3 Å². The Balaban J connectivity index is 2.49. The minimum Gasteiger partial charge on any atom is -0.481 e. The van der Waals surface area contributed by atoms with Crippen molar-refractivity contribution in [2.45, 2.75) is 33.3 Å². The quantitative estimate of drug-likeness (QED) is 0.866. The molecule has 1 rings (SSSR count). The van der Waals surface area contributed by atoms with Crippen LogP contribution in [0.1, 0.15) is 27.2 Å². The number of rotatable bonds is 6. The van der Waals surface area contributed by atoms with E-state index in [9.17, 15) is 9.18 Å². The summed E-state index contributed by atoms with van der Waals surface area (Å²) in [5.74, 6) is 0.270. The third-order valence-electron chi connectivity index (χ3n) is 2.54. The van der Waals surface area contributed by atoms with Gasteiger partial charge >= 0.3 is 0 Å². The van der Waals surface area contributed by atoms with Crippen molar-refractivity contribution in [3.05, 3.63) is 28.5 Å². The second-order valence-corrected chi connectivity index (χ2v) is 5.75. The molecular formula is C14H19BrFNO2. The Bertz CT molecular complexity index is 417. The van der Waals surface area contributed by atoms with Crippen molar-refractivity contribution in [3.63, 3.8) is 0 Å². The molecule has 1 N–H and O–H groups in total. The summed E-state index contributed by atoms with van der Waals surface area (Å²) in [5, 5.41) is 2.79. The van der Waals surface area contributed by atoms with E-state index in [4.69, 9.17) is 4.74 Å². The number of carbonyl (C=O) groups is 1. The molecule has 0 aromatic heterocycles. The standard InChI is InChI=1S/C14H19BrFNO2/c1-9(2)4-5-17-14(18)10(3)19-13-7-11(15)6-12(16)8-13/h6-10H,4-5H2,1-3H3,(H,17,18). The Morgan fingerprint density at radius 1 is 1.37 bits per heavy atom. The van der Waals surface area contributed by atoms with Crippen LogP contribution in [0.25, 0.3) is 0 Å². The Kier molecular flexibility index (Phi) is 6.28. The van der Waals surface area contributed by atoms with Crippen molar-refractivity contribution >= 4 is 21.8 Å². The number of carbonyl (C=O) groups excluding carboxylic acids is 1. The number of hydrogen-bond acceptors (Lipinski definition) is 2. The molecule has 0 spiro atoms. The maximum atomic E-state index is 13.2. The van der Waals surface area contributed by atoms with E-state index in [-0.39, 0.29) is 5.91 Å². The van der Waals surface area contributed by atoms with Crippen molar-refractivity contribution in [1.82, 2.24) is 5.32 Å². The second kappa shape index (κ2) is 7.48. The van der Waals surface area contributed by atoms with E-state index in [1.165, 1.54) is 12.1 Å². The summed E-state index contributed by atoms with van der Waals surface area (Å²) in [6, 6.07) is 4.21. The minimum absolute atomic E-state index is 0.193. The summed E-state index contributed by atoms with van der Waals surface area (Å²) in [6.07, 6.45) is 0.269. The van der Waals surface area contributed by atoms with Crippen LogP contribution in [0.5, 0.6) is 5.75 Å². The second-order valence-electron chi connectivity index (χ2n) is 4.84. The van der Waals surface area contributed by atoms with Gasteiger partial charge in [-0.1, -0.05) is 29.8 Å². The Morgan fingerprint density at radius 3 is 2.63 bits per heavy atom. The van der Waals surface area contributed by atoms with Crippen LogP contribution in [0.3, 0.4) is 0 Å². The zero-order valence-electron chi connectivity index (χ0n) is 11.4. The number of halogens is 2. The minimum atomic E-state index is -0.652. The van der Waals surface area contributed by atoms with Gasteiger partial charge in [0.1, 0.15) is 11.6 Å². The Morgan fingerprint density at radius 2 is 2.05 bits per heavy atom. The lowest BCUT2D eigenvalue weighted by molar-refractivity contribution is -0.127. The summed E-state index contributed by atoms with van der Waals surface area (Å²) >= 11 is 3.18. The number of hydrogen-bond donors (Lipinski definition) is 1. The van der Waals surface area contributed by atoms with Crippen molar-refractivity contribution in [3.8, 4) is 5.75 Å². The maximum Gasteiger partial charge on any atom is 0.260 e. The molecule has 3 nitrogen and oxygen atoms in total. The van der Waals surface area contributed by atoms with Crippen molar-refractivity contribution < 1.29 is 13.9 Å². The van der Waals surface area contributed by atoms with Crippen LogP contribution in [0, 0.1) is 11.7 Å². The first-order valence-electron chi connectivity index (χ1n) is 6.29. The van der Waals surface area contributed by atoms with Crippen molar-refractivity contribution in [1.29, 1.82) is 0 Å². The van der Waals surface area contributed by atoms with Gasteiger partial charge in [0.15, 0.2) is 6.10 Å². The fourth-order valence-corrected chi connectivity index (χ4v) is 1.93. The normalized spacial score (nSPS) is 12.3. The van der Waals surface area contributed by atoms with Crippen LogP contribution in [0.15, 0.2) is 22.7 Å². The molecule has 1 atom stereocenters. The number of ether oxygens (including phenoxy) is 1. The van der Waals surface area contributed by atoms with Gasteiger partial charge in [-0.05, 0) is 31.4 Å². The van der Waals surface area contributed by atoms with Gasteiger partial charge < -0.3 is 10.1 Å². The smallest absolute Gasteiger partial charge is 0.260 e. The SMILES string of the molecule is CC(C)CCNC(=O)C(C)Oc1cc(F)cc(Br)c1. The molecule has 19 heavy (non-hydrogen) atoms. The molecule has 1 unspecified atom stereocenters. The first-order valence-corrected chi connectivity index (χ1v) is 7.08. The molecule has 106 valence electrons. The lowest BCUT2D eigenvalue weighted by Gasteiger charge is -2.15. The summed E-state index contributed by atoms with van der Waals surface area (Å²) in [4.78, 5) is 11.8. The lowest BCUT2D eigenvalue weighted by Crippen LogP contribution is -2.37. The highest BCUT2D eigenvalue weighted by Crippen LogP contribution is 2.21. The third-order valence-corrected chi connectivity index (χ3v) is 3.00. The first-order chi connectivity index (χ1) is 8.88. The molecule has 5 heteroatoms. The molecule has 0 fully saturated rings. The van der Waals surface area contributed by atoms with Crippen LogP contribution >= 0.6 is 15.9 Å². The van der Waals surface area contributed by atoms with Crippen LogP contribution in [0.4, 0.5) is 4.39 Å². The Labute approximate surface area is 121 Å². The maximum absolute atomic E-state index is 13.2. The monoisotopic (exact) mass is 331 g/mol. The van der Waals surface area contributed by atoms with Gasteiger partial charge in [-0.15, -0.1) is 0 Å². The summed E-state index contributed by atoms with van der Waals surface area (Å²) in [5.41, 5.74) is 0. The van der Waals surface area contributed by atoms with Crippen LogP contribution < -0.4 is 10.1 Å². The molecular weight excluding hydrogens is 313 g/mol. The fourth-order valence-electron chi connectivity index (χ4n) is 1.48. The lowest BCUT2D eigenvalue weighted by atomic mass is 10.1. The van der Waals surface area contributed by atoms with Gasteiger partial charge in [0.05, 0.1) is 0 Å². The number of amides is 1. The largest absolute Gasteiger partial charge is 0.481 e. The predicted octanol–water partition coefficient (Wildman–Crippen LogP) is 3.52. The van der Waals surface area contributed by atoms with Crippen LogP contribution in [0.2, 0.25) is 0 Å². The van der Waals surface area contributed by atoms with Gasteiger partial charge in [0.25, 0.3) is 5.91 Å². The van der Waals surface area contributed by atoms with Gasteiger partial charge in [0, 0.05) is 17.1 Å². The average Bonchev–Trinajstić information content (AvgIpc) is 2.26. The highest BCUT2D eigenvalue weighted by Gasteiger charge is 2.14. The number of nitrogens with one attached hydrogen (secondary N) is 1. The molecule has 0 aliphatic carbocycles. The van der Waals surface area contributed by atoms with E-state index in [1.807, 2.05) is 0 Å². The highest BCUT2D eigenvalue weighted by molar-refractivity contribution is 9.10. The van der Waals surface area contributed by atoms with Gasteiger partial charge in [-0.2, -0.15) is 0 Å². The summed E-state index contributed by atoms with van der Waals surface area (Å²) < 4.78 is 19.2. The molecule has 1 aromatic carbocycles. The zero-order valence-corrected chi connectivity index (χ0v) is 13.0. The average molecular weight is 332 g/mol. The van der Waals surface area contributed by atoms with Gasteiger partial charge in [-0.25, -0.2) is 4.39 Å². The molecule has 0 saturated heterocycles. The van der Waals surface area contributed by atoms with E-state index in [1.54, 1.807) is 13.0 Å². The van der Waals surface area contributed by atoms with E-state index >= 15 is 0 Å². The third kappa shape index (κ3) is 6.05. The molecule has 0 saturated carbocycles. The van der Waals surface area contributed by atoms with E-state index in [0.717, 1.165) is 6.42 Å². The predicted molar refractivity (Wildman–Crippen MR) is 76.7 cm³/mol. The summed E-state index contributed by atoms with van der Waals surface area (Å²) in [7, 11) is 0. The number of benzene rings is 1. The zero-order chi connectivity index (χ0) is 14.4. The van der Waals surface area contributed by atoms with Crippen LogP contribution in [-0.4, -0.2) is 18.6 Å². The summed E-state index contributed by atoms with van der Waals surface area (Å²) in [6.45, 7) is 6.45. The van der Waals surface area contributed by atoms with E-state index in [0.29, 0.717) is 22.7 Å². The first kappa shape index (κ1) is 16.0. The Hall–Kier alpha value is -1.10. The van der Waals surface area contributed by atoms with Crippen molar-refractivity contribution in [2.75, 3.05) is 6.54 Å². The van der Waals surface area contributed by atoms with Crippen molar-refractivity contribution in [2.24, 2.45) is 5.92 Å². The molecule has 0 aliphatic rings. The molecule has 1 amide bonds. The van der Waals surface area contributed by atoms with Gasteiger partial charge in [-0.3, -0.25) is 4.79 Å². The highest BCUT2D eigenvalue weighted by atomic mass is 79.9. The van der Waals surface area contributed by atoms with Crippen LogP contribution in [-0.2, 0) is 4.79 Å².